The van der Waals surface area contributed by atoms with E-state index < -0.39 is 0 Å². The highest BCUT2D eigenvalue weighted by molar-refractivity contribution is 5.43. The molecule has 1 heterocycles. The van der Waals surface area contributed by atoms with Gasteiger partial charge >= 0.3 is 0 Å². The number of hydrogen-bond acceptors (Lipinski definition) is 4. The van der Waals surface area contributed by atoms with Gasteiger partial charge in [-0.05, 0) is 66.9 Å². The minimum atomic E-state index is 0.116. The standard InChI is InChI=1S/C18H21N5/c1-12-8-10-16(11-9-12)23-18(20-21-22-23)19-15(4)17-7-5-6-13(2)14(17)3/h5-11,15H,1-4H3,(H,19,20,22)/t15-/m0/s1. The van der Waals surface area contributed by atoms with Crippen molar-refractivity contribution in [2.45, 2.75) is 33.7 Å². The molecule has 1 N–H and O–H groups in total. The van der Waals surface area contributed by atoms with Gasteiger partial charge in [-0.1, -0.05) is 41.0 Å². The first-order valence-electron chi connectivity index (χ1n) is 7.74. The van der Waals surface area contributed by atoms with Crippen LogP contribution in [0.2, 0.25) is 0 Å². The molecule has 0 spiro atoms. The molecule has 23 heavy (non-hydrogen) atoms. The molecule has 2 aromatic carbocycles. The molecule has 0 bridgehead atoms. The van der Waals surface area contributed by atoms with Crippen LogP contribution in [0.1, 0.15) is 35.2 Å². The van der Waals surface area contributed by atoms with Gasteiger partial charge in [-0.15, -0.1) is 0 Å². The molecule has 0 amide bonds. The van der Waals surface area contributed by atoms with E-state index in [-0.39, 0.29) is 6.04 Å². The van der Waals surface area contributed by atoms with Crippen molar-refractivity contribution < 1.29 is 0 Å². The Morgan fingerprint density at radius 1 is 1.00 bits per heavy atom. The van der Waals surface area contributed by atoms with Gasteiger partial charge in [0.25, 0.3) is 0 Å². The van der Waals surface area contributed by atoms with E-state index in [0.29, 0.717) is 5.95 Å². The number of nitrogens with one attached hydrogen (secondary N) is 1. The van der Waals surface area contributed by atoms with E-state index in [1.165, 1.54) is 22.3 Å². The monoisotopic (exact) mass is 307 g/mol. The topological polar surface area (TPSA) is 55.6 Å². The van der Waals surface area contributed by atoms with E-state index in [9.17, 15) is 0 Å². The Morgan fingerprint density at radius 2 is 1.74 bits per heavy atom. The number of nitrogens with zero attached hydrogens (tertiary/aromatic N) is 4. The Morgan fingerprint density at radius 3 is 2.48 bits per heavy atom. The summed E-state index contributed by atoms with van der Waals surface area (Å²) in [7, 11) is 0. The first-order valence-corrected chi connectivity index (χ1v) is 7.74. The van der Waals surface area contributed by atoms with Crippen LogP contribution < -0.4 is 5.32 Å². The Balaban J connectivity index is 1.88. The van der Waals surface area contributed by atoms with E-state index in [4.69, 9.17) is 0 Å². The summed E-state index contributed by atoms with van der Waals surface area (Å²) < 4.78 is 1.72. The summed E-state index contributed by atoms with van der Waals surface area (Å²) in [6, 6.07) is 14.6. The molecule has 0 saturated carbocycles. The van der Waals surface area contributed by atoms with Gasteiger partial charge in [0.05, 0.1) is 11.7 Å². The fourth-order valence-electron chi connectivity index (χ4n) is 2.65. The Kier molecular flexibility index (Phi) is 4.10. The molecule has 0 aliphatic rings. The van der Waals surface area contributed by atoms with Gasteiger partial charge in [0.2, 0.25) is 5.95 Å². The number of rotatable bonds is 4. The average Bonchev–Trinajstić information content (AvgIpc) is 2.99. The number of tetrazole rings is 1. The molecule has 0 unspecified atom stereocenters. The lowest BCUT2D eigenvalue weighted by molar-refractivity contribution is 0.779. The van der Waals surface area contributed by atoms with Crippen molar-refractivity contribution in [3.63, 3.8) is 0 Å². The van der Waals surface area contributed by atoms with Gasteiger partial charge in [0, 0.05) is 0 Å². The summed E-state index contributed by atoms with van der Waals surface area (Å²) in [6.45, 7) is 8.45. The third-order valence-electron chi connectivity index (χ3n) is 4.21. The van der Waals surface area contributed by atoms with Crippen LogP contribution in [0, 0.1) is 20.8 Å². The smallest absolute Gasteiger partial charge is 0.248 e. The van der Waals surface area contributed by atoms with Gasteiger partial charge in [-0.2, -0.15) is 4.68 Å². The van der Waals surface area contributed by atoms with Crippen molar-refractivity contribution >= 4 is 5.95 Å². The molecular formula is C18H21N5. The van der Waals surface area contributed by atoms with E-state index in [2.05, 4.69) is 78.9 Å². The maximum absolute atomic E-state index is 4.12. The van der Waals surface area contributed by atoms with Gasteiger partial charge in [0.1, 0.15) is 0 Å². The second-order valence-electron chi connectivity index (χ2n) is 5.91. The summed E-state index contributed by atoms with van der Waals surface area (Å²) in [4.78, 5) is 0. The van der Waals surface area contributed by atoms with Gasteiger partial charge in [-0.3, -0.25) is 0 Å². The van der Waals surface area contributed by atoms with Gasteiger partial charge in [-0.25, -0.2) is 0 Å². The lowest BCUT2D eigenvalue weighted by atomic mass is 9.98. The van der Waals surface area contributed by atoms with Crippen molar-refractivity contribution in [1.29, 1.82) is 0 Å². The summed E-state index contributed by atoms with van der Waals surface area (Å²) in [5.41, 5.74) is 5.98. The van der Waals surface area contributed by atoms with Crippen molar-refractivity contribution in [1.82, 2.24) is 20.2 Å². The van der Waals surface area contributed by atoms with E-state index in [1.54, 1.807) is 4.68 Å². The van der Waals surface area contributed by atoms with Crippen molar-refractivity contribution in [2.24, 2.45) is 0 Å². The van der Waals surface area contributed by atoms with Crippen LogP contribution in [0.5, 0.6) is 0 Å². The van der Waals surface area contributed by atoms with Crippen LogP contribution >= 0.6 is 0 Å². The SMILES string of the molecule is Cc1ccc(-n2nnnc2N[C@@H](C)c2cccc(C)c2C)cc1. The predicted octanol–water partition coefficient (Wildman–Crippen LogP) is 3.76. The fourth-order valence-corrected chi connectivity index (χ4v) is 2.65. The molecule has 0 aliphatic carbocycles. The van der Waals surface area contributed by atoms with Crippen LogP contribution in [0.15, 0.2) is 42.5 Å². The van der Waals surface area contributed by atoms with E-state index in [1.807, 2.05) is 12.1 Å². The number of aryl methyl sites for hydroxylation is 2. The highest BCUT2D eigenvalue weighted by Gasteiger charge is 2.14. The molecule has 5 heteroatoms. The lowest BCUT2D eigenvalue weighted by Crippen LogP contribution is -2.13. The van der Waals surface area contributed by atoms with Crippen LogP contribution in [0.4, 0.5) is 5.95 Å². The molecule has 3 rings (SSSR count). The largest absolute Gasteiger partial charge is 0.346 e. The first kappa shape index (κ1) is 15.2. The molecule has 0 aliphatic heterocycles. The zero-order valence-electron chi connectivity index (χ0n) is 13.9. The first-order chi connectivity index (χ1) is 11.1. The highest BCUT2D eigenvalue weighted by Crippen LogP contribution is 2.23. The summed E-state index contributed by atoms with van der Waals surface area (Å²) in [6.07, 6.45) is 0. The Labute approximate surface area is 136 Å². The van der Waals surface area contributed by atoms with Gasteiger partial charge < -0.3 is 5.32 Å². The number of aromatic nitrogens is 4. The van der Waals surface area contributed by atoms with Crippen molar-refractivity contribution in [3.05, 3.63) is 64.7 Å². The van der Waals surface area contributed by atoms with Crippen LogP contribution in [-0.4, -0.2) is 20.2 Å². The van der Waals surface area contributed by atoms with Crippen LogP contribution in [0.25, 0.3) is 5.69 Å². The number of benzene rings is 2. The fraction of sp³-hybridized carbons (Fsp3) is 0.278. The Bertz CT molecular complexity index is 805. The summed E-state index contributed by atoms with van der Waals surface area (Å²) in [5.74, 6) is 0.641. The second kappa shape index (κ2) is 6.20. The normalized spacial score (nSPS) is 12.2. The third kappa shape index (κ3) is 3.08. The highest BCUT2D eigenvalue weighted by atomic mass is 15.6. The quantitative estimate of drug-likeness (QED) is 0.797. The molecule has 3 aromatic rings. The number of hydrogen-bond donors (Lipinski definition) is 1. The molecular weight excluding hydrogens is 286 g/mol. The third-order valence-corrected chi connectivity index (χ3v) is 4.21. The Hall–Kier alpha value is -2.69. The molecule has 0 saturated heterocycles. The van der Waals surface area contributed by atoms with E-state index in [0.717, 1.165) is 5.69 Å². The molecule has 0 fully saturated rings. The molecule has 0 radical (unpaired) electrons. The average molecular weight is 307 g/mol. The van der Waals surface area contributed by atoms with Gasteiger partial charge in [0.15, 0.2) is 0 Å². The molecule has 118 valence electrons. The minimum Gasteiger partial charge on any atom is -0.346 e. The van der Waals surface area contributed by atoms with Crippen LogP contribution in [-0.2, 0) is 0 Å². The second-order valence-corrected chi connectivity index (χ2v) is 5.91. The zero-order chi connectivity index (χ0) is 16.4. The summed E-state index contributed by atoms with van der Waals surface area (Å²) in [5, 5.41) is 15.4. The summed E-state index contributed by atoms with van der Waals surface area (Å²) >= 11 is 0. The zero-order valence-corrected chi connectivity index (χ0v) is 13.9. The maximum atomic E-state index is 4.12. The maximum Gasteiger partial charge on any atom is 0.248 e. The minimum absolute atomic E-state index is 0.116. The van der Waals surface area contributed by atoms with Crippen molar-refractivity contribution in [2.75, 3.05) is 5.32 Å². The molecule has 5 nitrogen and oxygen atoms in total. The van der Waals surface area contributed by atoms with Crippen LogP contribution in [0.3, 0.4) is 0 Å². The van der Waals surface area contributed by atoms with Crippen molar-refractivity contribution in [3.8, 4) is 5.69 Å². The lowest BCUT2D eigenvalue weighted by Gasteiger charge is -2.18. The predicted molar refractivity (Wildman–Crippen MR) is 91.8 cm³/mol. The number of anilines is 1. The molecule has 1 aromatic heterocycles. The molecule has 1 atom stereocenters. The van der Waals surface area contributed by atoms with E-state index >= 15 is 0 Å².